The standard InChI is InChI=1S/C26H34F3N5O4/c1-25(2,3)33(4)15-6-9-21(18(12-15)24(36)37-5)34-11-10-20(23(34)35)32-22-17-13-16(38-26(27,28)29)7-8-19(17)30-14-31-22/h7-8,13-15,18,20-21H,6,9-12H2,1-5H3,(H,30,31,32)/t15-,18-,20?,21+/m1/s1. The van der Waals surface area contributed by atoms with E-state index in [1.54, 1.807) is 4.90 Å². The van der Waals surface area contributed by atoms with Gasteiger partial charge in [0.2, 0.25) is 5.91 Å². The zero-order chi connectivity index (χ0) is 27.8. The lowest BCUT2D eigenvalue weighted by Crippen LogP contribution is -2.55. The van der Waals surface area contributed by atoms with Gasteiger partial charge in [0.25, 0.3) is 0 Å². The summed E-state index contributed by atoms with van der Waals surface area (Å²) in [7, 11) is 3.42. The van der Waals surface area contributed by atoms with Gasteiger partial charge in [-0.1, -0.05) is 0 Å². The van der Waals surface area contributed by atoms with Crippen molar-refractivity contribution in [1.29, 1.82) is 0 Å². The van der Waals surface area contributed by atoms with Crippen molar-refractivity contribution in [2.75, 3.05) is 26.0 Å². The predicted octanol–water partition coefficient (Wildman–Crippen LogP) is 3.98. The quantitative estimate of drug-likeness (QED) is 0.553. The number of methoxy groups -OCH3 is 1. The summed E-state index contributed by atoms with van der Waals surface area (Å²) in [4.78, 5) is 38.6. The molecule has 1 aliphatic heterocycles. The number of amides is 1. The van der Waals surface area contributed by atoms with Crippen molar-refractivity contribution in [2.45, 2.75) is 76.5 Å². The average Bonchev–Trinajstić information content (AvgIpc) is 3.21. The predicted molar refractivity (Wildman–Crippen MR) is 134 cm³/mol. The molecular weight excluding hydrogens is 503 g/mol. The van der Waals surface area contributed by atoms with Crippen molar-refractivity contribution in [3.63, 3.8) is 0 Å². The molecule has 1 amide bonds. The van der Waals surface area contributed by atoms with E-state index in [-0.39, 0.29) is 35.3 Å². The second-order valence-corrected chi connectivity index (χ2v) is 10.9. The number of nitrogens with zero attached hydrogens (tertiary/aromatic N) is 4. The largest absolute Gasteiger partial charge is 0.573 e. The Morgan fingerprint density at radius 3 is 2.55 bits per heavy atom. The van der Waals surface area contributed by atoms with E-state index in [1.807, 2.05) is 0 Å². The third-order valence-electron chi connectivity index (χ3n) is 7.69. The highest BCUT2D eigenvalue weighted by molar-refractivity contribution is 5.93. The maximum atomic E-state index is 13.5. The zero-order valence-electron chi connectivity index (χ0n) is 22.2. The van der Waals surface area contributed by atoms with E-state index in [9.17, 15) is 22.8 Å². The first-order valence-corrected chi connectivity index (χ1v) is 12.7. The Morgan fingerprint density at radius 2 is 1.89 bits per heavy atom. The maximum absolute atomic E-state index is 13.5. The summed E-state index contributed by atoms with van der Waals surface area (Å²) >= 11 is 0. The van der Waals surface area contributed by atoms with Gasteiger partial charge in [-0.25, -0.2) is 9.97 Å². The van der Waals surface area contributed by atoms with Gasteiger partial charge in [0, 0.05) is 29.6 Å². The van der Waals surface area contributed by atoms with Gasteiger partial charge in [0.15, 0.2) is 0 Å². The van der Waals surface area contributed by atoms with Crippen molar-refractivity contribution in [2.24, 2.45) is 5.92 Å². The number of ether oxygens (including phenoxy) is 2. The Hall–Kier alpha value is -3.15. The molecule has 2 aromatic rings. The molecule has 0 radical (unpaired) electrons. The fourth-order valence-corrected chi connectivity index (χ4v) is 5.49. The first-order valence-electron chi connectivity index (χ1n) is 12.7. The van der Waals surface area contributed by atoms with Crippen LogP contribution in [-0.2, 0) is 14.3 Å². The number of esters is 1. The number of carbonyl (C=O) groups is 2. The van der Waals surface area contributed by atoms with Crippen LogP contribution in [0.25, 0.3) is 10.9 Å². The third kappa shape index (κ3) is 5.95. The summed E-state index contributed by atoms with van der Waals surface area (Å²) in [5.74, 6) is -1.12. The van der Waals surface area contributed by atoms with E-state index in [0.29, 0.717) is 36.7 Å². The summed E-state index contributed by atoms with van der Waals surface area (Å²) in [5, 5.41) is 3.40. The summed E-state index contributed by atoms with van der Waals surface area (Å²) in [5.41, 5.74) is 0.341. The van der Waals surface area contributed by atoms with Crippen LogP contribution in [0.3, 0.4) is 0 Å². The number of nitrogens with one attached hydrogen (secondary N) is 1. The summed E-state index contributed by atoms with van der Waals surface area (Å²) < 4.78 is 47.3. The maximum Gasteiger partial charge on any atom is 0.573 e. The highest BCUT2D eigenvalue weighted by atomic mass is 19.4. The lowest BCUT2D eigenvalue weighted by atomic mass is 9.79. The number of carbonyl (C=O) groups excluding carboxylic acids is 2. The Balaban J connectivity index is 1.52. The molecule has 1 aromatic carbocycles. The second kappa shape index (κ2) is 10.5. The molecule has 4 rings (SSSR count). The van der Waals surface area contributed by atoms with E-state index in [1.165, 1.54) is 31.6 Å². The molecule has 1 saturated heterocycles. The molecule has 12 heteroatoms. The van der Waals surface area contributed by atoms with Crippen molar-refractivity contribution in [3.05, 3.63) is 24.5 Å². The normalized spacial score (nSPS) is 24.7. The number of rotatable bonds is 6. The summed E-state index contributed by atoms with van der Waals surface area (Å²) in [6.45, 7) is 6.82. The van der Waals surface area contributed by atoms with Gasteiger partial charge in [-0.2, -0.15) is 0 Å². The van der Waals surface area contributed by atoms with Crippen molar-refractivity contribution in [1.82, 2.24) is 19.8 Å². The molecule has 2 heterocycles. The minimum Gasteiger partial charge on any atom is -0.469 e. The molecule has 0 spiro atoms. The molecule has 1 unspecified atom stereocenters. The van der Waals surface area contributed by atoms with Crippen molar-refractivity contribution in [3.8, 4) is 5.75 Å². The van der Waals surface area contributed by atoms with Crippen LogP contribution in [0.5, 0.6) is 5.75 Å². The van der Waals surface area contributed by atoms with Crippen LogP contribution in [0.1, 0.15) is 46.5 Å². The van der Waals surface area contributed by atoms with Crippen LogP contribution >= 0.6 is 0 Å². The first-order chi connectivity index (χ1) is 17.8. The van der Waals surface area contributed by atoms with Gasteiger partial charge in [0.1, 0.15) is 23.9 Å². The minimum absolute atomic E-state index is 0.0675. The molecule has 38 heavy (non-hydrogen) atoms. The van der Waals surface area contributed by atoms with E-state index < -0.39 is 24.1 Å². The van der Waals surface area contributed by atoms with Gasteiger partial charge in [-0.15, -0.1) is 13.2 Å². The molecular formula is C26H34F3N5O4. The smallest absolute Gasteiger partial charge is 0.469 e. The van der Waals surface area contributed by atoms with Crippen molar-refractivity contribution >= 4 is 28.6 Å². The van der Waals surface area contributed by atoms with Crippen LogP contribution in [0.15, 0.2) is 24.5 Å². The number of anilines is 1. The van der Waals surface area contributed by atoms with Gasteiger partial charge in [0.05, 0.1) is 18.5 Å². The zero-order valence-corrected chi connectivity index (χ0v) is 22.2. The number of benzene rings is 1. The summed E-state index contributed by atoms with van der Waals surface area (Å²) in [6.07, 6.45) is -1.00. The highest BCUT2D eigenvalue weighted by Crippen LogP contribution is 2.37. The molecule has 2 fully saturated rings. The van der Waals surface area contributed by atoms with Crippen LogP contribution in [0.4, 0.5) is 19.0 Å². The molecule has 208 valence electrons. The number of hydrogen-bond acceptors (Lipinski definition) is 8. The third-order valence-corrected chi connectivity index (χ3v) is 7.69. The van der Waals surface area contributed by atoms with Crippen LogP contribution in [-0.4, -0.2) is 82.4 Å². The number of hydrogen-bond donors (Lipinski definition) is 1. The monoisotopic (exact) mass is 537 g/mol. The highest BCUT2D eigenvalue weighted by Gasteiger charge is 2.46. The SMILES string of the molecule is COC(=O)[C@@H]1C[C@H](N(C)C(C)(C)C)CC[C@@H]1N1CCC(Nc2ncnc3ccc(OC(F)(F)F)cc23)C1=O. The van der Waals surface area contributed by atoms with E-state index in [4.69, 9.17) is 4.74 Å². The van der Waals surface area contributed by atoms with Crippen LogP contribution < -0.4 is 10.1 Å². The van der Waals surface area contributed by atoms with Gasteiger partial charge < -0.3 is 19.7 Å². The molecule has 1 aliphatic carbocycles. The van der Waals surface area contributed by atoms with Gasteiger partial charge in [-0.3, -0.25) is 14.5 Å². The second-order valence-electron chi connectivity index (χ2n) is 10.9. The Morgan fingerprint density at radius 1 is 1.16 bits per heavy atom. The van der Waals surface area contributed by atoms with Crippen LogP contribution in [0, 0.1) is 5.92 Å². The fraction of sp³-hybridized carbons (Fsp3) is 0.615. The average molecular weight is 538 g/mol. The Labute approximate surface area is 219 Å². The molecule has 1 saturated carbocycles. The number of likely N-dealkylation sites (tertiary alicyclic amines) is 1. The molecule has 1 aromatic heterocycles. The number of halogens is 3. The fourth-order valence-electron chi connectivity index (χ4n) is 5.49. The first kappa shape index (κ1) is 27.9. The molecule has 0 bridgehead atoms. The lowest BCUT2D eigenvalue weighted by Gasteiger charge is -2.46. The Bertz CT molecular complexity index is 1190. The van der Waals surface area contributed by atoms with Gasteiger partial charge in [-0.05, 0) is 71.7 Å². The minimum atomic E-state index is -4.84. The van der Waals surface area contributed by atoms with E-state index in [2.05, 4.69) is 52.7 Å². The number of aromatic nitrogens is 2. The van der Waals surface area contributed by atoms with Crippen LogP contribution in [0.2, 0.25) is 0 Å². The van der Waals surface area contributed by atoms with E-state index >= 15 is 0 Å². The number of fused-ring (bicyclic) bond motifs is 1. The summed E-state index contributed by atoms with van der Waals surface area (Å²) in [6, 6.07) is 3.02. The Kier molecular flexibility index (Phi) is 7.74. The number of alkyl halides is 3. The molecule has 2 aliphatic rings. The topological polar surface area (TPSA) is 96.9 Å². The lowest BCUT2D eigenvalue weighted by molar-refractivity contribution is -0.274. The molecule has 9 nitrogen and oxygen atoms in total. The van der Waals surface area contributed by atoms with Crippen molar-refractivity contribution < 1.29 is 32.2 Å². The van der Waals surface area contributed by atoms with E-state index in [0.717, 1.165) is 6.42 Å². The molecule has 1 N–H and O–H groups in total. The molecule has 4 atom stereocenters. The van der Waals surface area contributed by atoms with Gasteiger partial charge >= 0.3 is 12.3 Å².